The van der Waals surface area contributed by atoms with Crippen LogP contribution in [0.4, 0.5) is 4.39 Å². The third-order valence-electron chi connectivity index (χ3n) is 5.05. The first-order valence-corrected chi connectivity index (χ1v) is 8.07. The highest BCUT2D eigenvalue weighted by atomic mass is 19.1. The number of hydrogen-bond donors (Lipinski definition) is 1. The number of rotatable bonds is 1. The average molecular weight is 321 g/mol. The first kappa shape index (κ1) is 13.8. The van der Waals surface area contributed by atoms with E-state index in [0.717, 1.165) is 41.1 Å². The Morgan fingerprint density at radius 2 is 1.75 bits per heavy atom. The molecule has 0 unspecified atom stereocenters. The Bertz CT molecular complexity index is 980. The topological polar surface area (TPSA) is 30.5 Å². The smallest absolute Gasteiger partial charge is 0.231 e. The molecule has 120 valence electrons. The van der Waals surface area contributed by atoms with E-state index in [9.17, 15) is 4.39 Å². The number of aryl methyl sites for hydroxylation is 1. The van der Waals surface area contributed by atoms with E-state index in [2.05, 4.69) is 18.3 Å². The second-order valence-electron chi connectivity index (χ2n) is 6.29. The zero-order valence-corrected chi connectivity index (χ0v) is 13.3. The summed E-state index contributed by atoms with van der Waals surface area (Å²) in [6, 6.07) is 10.8. The van der Waals surface area contributed by atoms with Gasteiger partial charge in [0.1, 0.15) is 5.82 Å². The molecule has 2 heterocycles. The van der Waals surface area contributed by atoms with Gasteiger partial charge in [0.25, 0.3) is 0 Å². The van der Waals surface area contributed by atoms with Crippen molar-refractivity contribution < 1.29 is 13.9 Å². The van der Waals surface area contributed by atoms with Crippen LogP contribution in [0.25, 0.3) is 21.9 Å². The SMILES string of the molecule is Cc1c2c(c(-c3ccc(F)cc3)c3c4c(ccc13)OCO4)CNC2. The fourth-order valence-corrected chi connectivity index (χ4v) is 3.91. The van der Waals surface area contributed by atoms with Gasteiger partial charge in [0.2, 0.25) is 6.79 Å². The van der Waals surface area contributed by atoms with E-state index in [1.165, 1.54) is 34.2 Å². The van der Waals surface area contributed by atoms with E-state index in [4.69, 9.17) is 9.47 Å². The van der Waals surface area contributed by atoms with Crippen molar-refractivity contribution in [2.24, 2.45) is 0 Å². The maximum absolute atomic E-state index is 13.4. The number of nitrogens with one attached hydrogen (secondary N) is 1. The second-order valence-corrected chi connectivity index (χ2v) is 6.29. The van der Waals surface area contributed by atoms with Crippen molar-refractivity contribution in [2.45, 2.75) is 20.0 Å². The maximum atomic E-state index is 13.4. The highest BCUT2D eigenvalue weighted by Gasteiger charge is 2.27. The van der Waals surface area contributed by atoms with Gasteiger partial charge in [-0.05, 0) is 58.3 Å². The molecule has 0 aliphatic carbocycles. The molecule has 2 aliphatic rings. The van der Waals surface area contributed by atoms with Crippen molar-refractivity contribution in [1.29, 1.82) is 0 Å². The van der Waals surface area contributed by atoms with E-state index >= 15 is 0 Å². The summed E-state index contributed by atoms with van der Waals surface area (Å²) < 4.78 is 24.8. The maximum Gasteiger partial charge on any atom is 0.231 e. The molecule has 0 bridgehead atoms. The van der Waals surface area contributed by atoms with Crippen molar-refractivity contribution in [3.05, 3.63) is 58.9 Å². The van der Waals surface area contributed by atoms with Gasteiger partial charge >= 0.3 is 0 Å². The first-order chi connectivity index (χ1) is 11.7. The van der Waals surface area contributed by atoms with Gasteiger partial charge in [-0.25, -0.2) is 4.39 Å². The summed E-state index contributed by atoms with van der Waals surface area (Å²) in [5, 5.41) is 5.68. The Balaban J connectivity index is 1.95. The lowest BCUT2D eigenvalue weighted by Crippen LogP contribution is -2.00. The Morgan fingerprint density at radius 3 is 2.58 bits per heavy atom. The van der Waals surface area contributed by atoms with Gasteiger partial charge < -0.3 is 14.8 Å². The van der Waals surface area contributed by atoms with Crippen molar-refractivity contribution in [1.82, 2.24) is 5.32 Å². The Labute approximate surface area is 139 Å². The molecule has 0 radical (unpaired) electrons. The minimum atomic E-state index is -0.227. The van der Waals surface area contributed by atoms with Gasteiger partial charge in [0, 0.05) is 18.5 Å². The first-order valence-electron chi connectivity index (χ1n) is 8.07. The third kappa shape index (κ3) is 1.80. The summed E-state index contributed by atoms with van der Waals surface area (Å²) in [6.45, 7) is 4.07. The van der Waals surface area contributed by atoms with Crippen LogP contribution in [0.2, 0.25) is 0 Å². The zero-order chi connectivity index (χ0) is 16.3. The van der Waals surface area contributed by atoms with Gasteiger partial charge in [-0.3, -0.25) is 0 Å². The summed E-state index contributed by atoms with van der Waals surface area (Å²) in [5.74, 6) is 1.34. The molecular weight excluding hydrogens is 305 g/mol. The summed E-state index contributed by atoms with van der Waals surface area (Å²) >= 11 is 0. The van der Waals surface area contributed by atoms with Crippen LogP contribution in [-0.2, 0) is 13.1 Å². The number of hydrogen-bond acceptors (Lipinski definition) is 3. The van der Waals surface area contributed by atoms with Crippen LogP contribution in [0.15, 0.2) is 36.4 Å². The fourth-order valence-electron chi connectivity index (χ4n) is 3.91. The molecule has 1 N–H and O–H groups in total. The molecule has 3 aromatic carbocycles. The van der Waals surface area contributed by atoms with E-state index in [0.29, 0.717) is 0 Å². The van der Waals surface area contributed by atoms with Crippen molar-refractivity contribution in [3.63, 3.8) is 0 Å². The van der Waals surface area contributed by atoms with Crippen LogP contribution in [-0.4, -0.2) is 6.79 Å². The Morgan fingerprint density at radius 1 is 0.958 bits per heavy atom. The van der Waals surface area contributed by atoms with E-state index in [1.54, 1.807) is 0 Å². The molecule has 0 fully saturated rings. The molecule has 2 aliphatic heterocycles. The number of benzene rings is 3. The van der Waals surface area contributed by atoms with Gasteiger partial charge in [0.15, 0.2) is 11.5 Å². The zero-order valence-electron chi connectivity index (χ0n) is 13.3. The summed E-state index contributed by atoms with van der Waals surface area (Å²) in [6.07, 6.45) is 0. The average Bonchev–Trinajstić information content (AvgIpc) is 3.25. The van der Waals surface area contributed by atoms with Crippen molar-refractivity contribution in [2.75, 3.05) is 6.79 Å². The molecule has 0 saturated heterocycles. The van der Waals surface area contributed by atoms with Crippen molar-refractivity contribution in [3.8, 4) is 22.6 Å². The van der Waals surface area contributed by atoms with Crippen LogP contribution in [0.5, 0.6) is 11.5 Å². The minimum absolute atomic E-state index is 0.227. The van der Waals surface area contributed by atoms with Crippen molar-refractivity contribution >= 4 is 10.8 Å². The molecule has 3 aromatic rings. The normalized spacial score (nSPS) is 15.1. The molecule has 3 nitrogen and oxygen atoms in total. The largest absolute Gasteiger partial charge is 0.454 e. The standard InChI is InChI=1S/C20H16FNO2/c1-11-14-6-7-17-20(24-10-23-17)19(14)18(16-9-22-8-15(11)16)12-2-4-13(21)5-3-12/h2-7,22H,8-10H2,1H3. The lowest BCUT2D eigenvalue weighted by atomic mass is 9.87. The quantitative estimate of drug-likeness (QED) is 0.725. The molecule has 0 atom stereocenters. The predicted molar refractivity (Wildman–Crippen MR) is 90.7 cm³/mol. The molecule has 0 spiro atoms. The lowest BCUT2D eigenvalue weighted by Gasteiger charge is -2.17. The molecular formula is C20H16FNO2. The monoisotopic (exact) mass is 321 g/mol. The van der Waals surface area contributed by atoms with E-state index in [1.807, 2.05) is 18.2 Å². The van der Waals surface area contributed by atoms with E-state index < -0.39 is 0 Å². The summed E-state index contributed by atoms with van der Waals surface area (Å²) in [7, 11) is 0. The predicted octanol–water partition coefficient (Wildman–Crippen LogP) is 4.29. The van der Waals surface area contributed by atoms with Crippen LogP contribution in [0.1, 0.15) is 16.7 Å². The Kier molecular flexibility index (Phi) is 2.85. The molecule has 5 rings (SSSR count). The number of halogens is 1. The van der Waals surface area contributed by atoms with Gasteiger partial charge in [-0.1, -0.05) is 18.2 Å². The molecule has 24 heavy (non-hydrogen) atoms. The van der Waals surface area contributed by atoms with Crippen LogP contribution in [0, 0.1) is 12.7 Å². The molecule has 0 saturated carbocycles. The Hall–Kier alpha value is -2.59. The van der Waals surface area contributed by atoms with Gasteiger partial charge in [0.05, 0.1) is 0 Å². The fraction of sp³-hybridized carbons (Fsp3) is 0.200. The van der Waals surface area contributed by atoms with Crippen LogP contribution in [0.3, 0.4) is 0 Å². The van der Waals surface area contributed by atoms with Gasteiger partial charge in [-0.15, -0.1) is 0 Å². The van der Waals surface area contributed by atoms with Crippen LogP contribution < -0.4 is 14.8 Å². The summed E-state index contributed by atoms with van der Waals surface area (Å²) in [4.78, 5) is 0. The van der Waals surface area contributed by atoms with Gasteiger partial charge in [-0.2, -0.15) is 0 Å². The van der Waals surface area contributed by atoms with E-state index in [-0.39, 0.29) is 12.6 Å². The molecule has 0 amide bonds. The minimum Gasteiger partial charge on any atom is -0.454 e. The highest BCUT2D eigenvalue weighted by Crippen LogP contribution is 2.48. The number of fused-ring (bicyclic) bond motifs is 4. The lowest BCUT2D eigenvalue weighted by molar-refractivity contribution is 0.175. The highest BCUT2D eigenvalue weighted by molar-refractivity contribution is 6.06. The second kappa shape index (κ2) is 4.95. The molecule has 4 heteroatoms. The third-order valence-corrected chi connectivity index (χ3v) is 5.05. The number of ether oxygens (including phenoxy) is 2. The van der Waals surface area contributed by atoms with Crippen LogP contribution >= 0.6 is 0 Å². The molecule has 0 aromatic heterocycles. The summed E-state index contributed by atoms with van der Waals surface area (Å²) in [5.41, 5.74) is 6.01.